The summed E-state index contributed by atoms with van der Waals surface area (Å²) in [6.07, 6.45) is 5.10. The predicted octanol–water partition coefficient (Wildman–Crippen LogP) is 2.94. The van der Waals surface area contributed by atoms with Crippen LogP contribution in [0.5, 0.6) is 11.5 Å². The van der Waals surface area contributed by atoms with E-state index in [0.29, 0.717) is 6.61 Å². The maximum absolute atomic E-state index is 11.2. The number of rotatable bonds is 4. The van der Waals surface area contributed by atoms with Gasteiger partial charge in [0.25, 0.3) is 0 Å². The van der Waals surface area contributed by atoms with Crippen molar-refractivity contribution in [1.29, 1.82) is 0 Å². The van der Waals surface area contributed by atoms with Crippen molar-refractivity contribution in [3.63, 3.8) is 0 Å². The van der Waals surface area contributed by atoms with E-state index in [9.17, 15) is 4.79 Å². The highest BCUT2D eigenvalue weighted by Gasteiger charge is 2.12. The number of fused-ring (bicyclic) bond motifs is 1. The van der Waals surface area contributed by atoms with Gasteiger partial charge in [0, 0.05) is 6.08 Å². The number of hydrogen-bond donors (Lipinski definition) is 0. The molecule has 0 saturated heterocycles. The molecule has 0 spiro atoms. The molecule has 0 unspecified atom stereocenters. The smallest absolute Gasteiger partial charge is 0.330 e. The summed E-state index contributed by atoms with van der Waals surface area (Å²) in [6, 6.07) is 5.72. The molecule has 1 aliphatic rings. The third-order valence-corrected chi connectivity index (χ3v) is 2.56. The van der Waals surface area contributed by atoms with E-state index >= 15 is 0 Å². The van der Waals surface area contributed by atoms with Gasteiger partial charge in [-0.3, -0.25) is 0 Å². The van der Waals surface area contributed by atoms with Crippen LogP contribution in [0.2, 0.25) is 0 Å². The molecule has 0 amide bonds. The molecule has 100 valence electrons. The highest BCUT2D eigenvalue weighted by Crippen LogP contribution is 2.33. The molecule has 0 bridgehead atoms. The van der Waals surface area contributed by atoms with Crippen LogP contribution < -0.4 is 9.47 Å². The minimum Gasteiger partial charge on any atom is -0.463 e. The predicted molar refractivity (Wildman–Crippen MR) is 72.0 cm³/mol. The van der Waals surface area contributed by atoms with Gasteiger partial charge in [0.1, 0.15) is 0 Å². The summed E-state index contributed by atoms with van der Waals surface area (Å²) < 4.78 is 15.4. The second kappa shape index (κ2) is 6.09. The molecule has 0 atom stereocenters. The van der Waals surface area contributed by atoms with Crippen LogP contribution in [-0.4, -0.2) is 19.4 Å². The van der Waals surface area contributed by atoms with E-state index in [2.05, 4.69) is 0 Å². The van der Waals surface area contributed by atoms with Crippen LogP contribution in [0.25, 0.3) is 6.08 Å². The lowest BCUT2D eigenvalue weighted by atomic mass is 10.1. The maximum Gasteiger partial charge on any atom is 0.330 e. The van der Waals surface area contributed by atoms with E-state index in [4.69, 9.17) is 14.2 Å². The monoisotopic (exact) mass is 260 g/mol. The molecule has 1 aromatic carbocycles. The first-order valence-electron chi connectivity index (χ1n) is 6.12. The van der Waals surface area contributed by atoms with Gasteiger partial charge in [-0.2, -0.15) is 0 Å². The van der Waals surface area contributed by atoms with Gasteiger partial charge < -0.3 is 14.2 Å². The zero-order valence-corrected chi connectivity index (χ0v) is 11.0. The van der Waals surface area contributed by atoms with E-state index < -0.39 is 0 Å². The lowest BCUT2D eigenvalue weighted by molar-refractivity contribution is -0.137. The Bertz CT molecular complexity index is 529. The Kier molecular flexibility index (Phi) is 4.23. The van der Waals surface area contributed by atoms with Crippen molar-refractivity contribution in [3.8, 4) is 11.5 Å². The van der Waals surface area contributed by atoms with Gasteiger partial charge in [-0.15, -0.1) is 0 Å². The van der Waals surface area contributed by atoms with Crippen LogP contribution in [0.3, 0.4) is 0 Å². The van der Waals surface area contributed by atoms with Gasteiger partial charge >= 0.3 is 5.97 Å². The highest BCUT2D eigenvalue weighted by atomic mass is 16.7. The summed E-state index contributed by atoms with van der Waals surface area (Å²) >= 11 is 0. The fourth-order valence-corrected chi connectivity index (χ4v) is 1.70. The third-order valence-electron chi connectivity index (χ3n) is 2.56. The average molecular weight is 260 g/mol. The number of ether oxygens (including phenoxy) is 3. The molecule has 1 aromatic rings. The van der Waals surface area contributed by atoms with E-state index in [1.54, 1.807) is 13.0 Å². The molecular formula is C15H16O4. The van der Waals surface area contributed by atoms with Crippen molar-refractivity contribution >= 4 is 12.0 Å². The van der Waals surface area contributed by atoms with Crippen LogP contribution in [0.15, 0.2) is 35.9 Å². The first kappa shape index (κ1) is 13.2. The molecule has 1 heterocycles. The lowest BCUT2D eigenvalue weighted by Crippen LogP contribution is -1.98. The third kappa shape index (κ3) is 3.61. The van der Waals surface area contributed by atoms with Crippen LogP contribution in [0, 0.1) is 0 Å². The van der Waals surface area contributed by atoms with Gasteiger partial charge in [-0.05, 0) is 31.5 Å². The number of carbonyl (C=O) groups is 1. The molecular weight excluding hydrogens is 244 g/mol. The van der Waals surface area contributed by atoms with Crippen LogP contribution >= 0.6 is 0 Å². The van der Waals surface area contributed by atoms with E-state index in [0.717, 1.165) is 22.6 Å². The van der Waals surface area contributed by atoms with E-state index in [1.807, 2.05) is 31.2 Å². The second-order valence-corrected chi connectivity index (χ2v) is 4.09. The molecule has 1 aliphatic heterocycles. The number of benzene rings is 1. The van der Waals surface area contributed by atoms with Crippen LogP contribution in [0.4, 0.5) is 0 Å². The molecule has 0 aliphatic carbocycles. The lowest BCUT2D eigenvalue weighted by Gasteiger charge is -1.99. The maximum atomic E-state index is 11.2. The summed E-state index contributed by atoms with van der Waals surface area (Å²) in [7, 11) is 0. The number of allylic oxidation sites excluding steroid dienone is 2. The van der Waals surface area contributed by atoms with Gasteiger partial charge in [0.2, 0.25) is 6.79 Å². The number of hydrogen-bond acceptors (Lipinski definition) is 4. The Morgan fingerprint density at radius 3 is 2.89 bits per heavy atom. The minimum absolute atomic E-state index is 0.268. The molecule has 19 heavy (non-hydrogen) atoms. The Morgan fingerprint density at radius 1 is 1.32 bits per heavy atom. The Labute approximate surface area is 112 Å². The van der Waals surface area contributed by atoms with Gasteiger partial charge in [-0.25, -0.2) is 4.79 Å². The Hall–Kier alpha value is -2.23. The van der Waals surface area contributed by atoms with E-state index in [1.165, 1.54) is 6.08 Å². The summed E-state index contributed by atoms with van der Waals surface area (Å²) in [5.74, 6) is 1.17. The number of carbonyl (C=O) groups excluding carboxylic acids is 1. The first-order chi connectivity index (χ1) is 9.19. The molecule has 0 aromatic heterocycles. The van der Waals surface area contributed by atoms with Crippen molar-refractivity contribution in [3.05, 3.63) is 41.5 Å². The molecule has 0 radical (unpaired) electrons. The summed E-state index contributed by atoms with van der Waals surface area (Å²) in [4.78, 5) is 11.2. The molecule has 0 N–H and O–H groups in total. The molecule has 4 heteroatoms. The summed E-state index contributed by atoms with van der Waals surface area (Å²) in [6.45, 7) is 4.35. The topological polar surface area (TPSA) is 44.8 Å². The van der Waals surface area contributed by atoms with Crippen molar-refractivity contribution in [1.82, 2.24) is 0 Å². The van der Waals surface area contributed by atoms with Crippen LogP contribution in [0.1, 0.15) is 19.4 Å². The van der Waals surface area contributed by atoms with Crippen molar-refractivity contribution in [2.45, 2.75) is 13.8 Å². The molecule has 4 nitrogen and oxygen atoms in total. The molecule has 0 saturated carbocycles. The number of esters is 1. The fraction of sp³-hybridized carbons (Fsp3) is 0.267. The van der Waals surface area contributed by atoms with Crippen molar-refractivity contribution in [2.24, 2.45) is 0 Å². The highest BCUT2D eigenvalue weighted by molar-refractivity contribution is 5.82. The fourth-order valence-electron chi connectivity index (χ4n) is 1.70. The Balaban J connectivity index is 2.06. The zero-order chi connectivity index (χ0) is 13.7. The van der Waals surface area contributed by atoms with E-state index in [-0.39, 0.29) is 12.8 Å². The zero-order valence-electron chi connectivity index (χ0n) is 11.0. The van der Waals surface area contributed by atoms with Gasteiger partial charge in [0.05, 0.1) is 6.61 Å². The molecule has 2 rings (SSSR count). The first-order valence-corrected chi connectivity index (χ1v) is 6.12. The van der Waals surface area contributed by atoms with Gasteiger partial charge in [-0.1, -0.05) is 23.8 Å². The van der Waals surface area contributed by atoms with Crippen molar-refractivity contribution in [2.75, 3.05) is 13.4 Å². The normalized spacial score (nSPS) is 13.9. The standard InChI is InChI=1S/C15H16O4/c1-3-17-15(16)7-4-11(2)8-12-5-6-13-14(9-12)19-10-18-13/h4-9H,3,10H2,1-2H3/b7-4+,11-8+. The van der Waals surface area contributed by atoms with Crippen molar-refractivity contribution < 1.29 is 19.0 Å². The van der Waals surface area contributed by atoms with Gasteiger partial charge in [0.15, 0.2) is 11.5 Å². The average Bonchev–Trinajstić information content (AvgIpc) is 2.84. The minimum atomic E-state index is -0.332. The largest absolute Gasteiger partial charge is 0.463 e. The van der Waals surface area contributed by atoms with Crippen LogP contribution in [-0.2, 0) is 9.53 Å². The molecule has 0 fully saturated rings. The quantitative estimate of drug-likeness (QED) is 0.474. The SMILES string of the molecule is CCOC(=O)/C=C/C(C)=C/c1ccc2c(c1)OCO2. The summed E-state index contributed by atoms with van der Waals surface area (Å²) in [5, 5.41) is 0. The summed E-state index contributed by atoms with van der Waals surface area (Å²) in [5.41, 5.74) is 1.95. The Morgan fingerprint density at radius 2 is 2.11 bits per heavy atom. The second-order valence-electron chi connectivity index (χ2n) is 4.09.